The van der Waals surface area contributed by atoms with Crippen molar-refractivity contribution in [3.8, 4) is 0 Å². The zero-order valence-electron chi connectivity index (χ0n) is 20.3. The first kappa shape index (κ1) is 24.8. The minimum Gasteiger partial charge on any atom is -0.444 e. The molecule has 2 amide bonds. The molecule has 1 aliphatic heterocycles. The predicted molar refractivity (Wildman–Crippen MR) is 132 cm³/mol. The quantitative estimate of drug-likeness (QED) is 0.659. The number of ether oxygens (including phenoxy) is 1. The number of likely N-dealkylation sites (tertiary alicyclic amines) is 1. The van der Waals surface area contributed by atoms with Crippen LogP contribution in [0.25, 0.3) is 0 Å². The maximum atomic E-state index is 12.5. The van der Waals surface area contributed by atoms with Gasteiger partial charge < -0.3 is 15.0 Å². The minimum atomic E-state index is -0.500. The molecule has 1 N–H and O–H groups in total. The number of benzene rings is 2. The molecule has 0 atom stereocenters. The van der Waals surface area contributed by atoms with Crippen molar-refractivity contribution < 1.29 is 14.3 Å². The number of hydrogen-bond donors (Lipinski definition) is 1. The summed E-state index contributed by atoms with van der Waals surface area (Å²) in [5, 5.41) is 2.79. The number of piperidine rings is 1. The van der Waals surface area contributed by atoms with Crippen LogP contribution in [0, 0.1) is 0 Å². The summed E-state index contributed by atoms with van der Waals surface area (Å²) in [6, 6.07) is 18.9. The molecule has 0 bridgehead atoms. The lowest BCUT2D eigenvalue weighted by Gasteiger charge is -2.38. The summed E-state index contributed by atoms with van der Waals surface area (Å²) in [7, 11) is 0. The molecule has 3 rings (SSSR count). The van der Waals surface area contributed by atoms with Gasteiger partial charge in [-0.2, -0.15) is 0 Å². The number of nitrogens with one attached hydrogen (secondary N) is 1. The van der Waals surface area contributed by atoms with E-state index in [1.807, 2.05) is 56.0 Å². The topological polar surface area (TPSA) is 61.9 Å². The van der Waals surface area contributed by atoms with Crippen LogP contribution >= 0.6 is 0 Å². The third kappa shape index (κ3) is 7.90. The van der Waals surface area contributed by atoms with Crippen LogP contribution in [0.4, 0.5) is 10.5 Å². The van der Waals surface area contributed by atoms with Crippen molar-refractivity contribution in [2.45, 2.75) is 65.1 Å². The van der Waals surface area contributed by atoms with Gasteiger partial charge in [0.05, 0.1) is 0 Å². The summed E-state index contributed by atoms with van der Waals surface area (Å²) in [5.41, 5.74) is 2.87. The molecule has 0 aliphatic carbocycles. The second kappa shape index (κ2) is 11.3. The molecular weight excluding hydrogens is 414 g/mol. The van der Waals surface area contributed by atoms with Gasteiger partial charge in [-0.3, -0.25) is 9.69 Å². The first-order chi connectivity index (χ1) is 15.7. The third-order valence-electron chi connectivity index (χ3n) is 5.81. The second-order valence-corrected chi connectivity index (χ2v) is 9.73. The van der Waals surface area contributed by atoms with Crippen molar-refractivity contribution in [3.63, 3.8) is 0 Å². The molecule has 0 saturated carbocycles. The van der Waals surface area contributed by atoms with Crippen molar-refractivity contribution in [1.82, 2.24) is 10.2 Å². The standard InChI is InChI=1S/C27H37N3O3/c1-21(31)30(25-15-18-29(19-16-25)20-23-8-6-5-7-9-23)24-12-10-22(11-13-24)14-17-28-26(32)33-27(2,3)4/h5-13,25H,14-20H2,1-4H3,(H,28,32). The number of amides is 2. The van der Waals surface area contributed by atoms with E-state index in [1.54, 1.807) is 6.92 Å². The van der Waals surface area contributed by atoms with Gasteiger partial charge in [-0.15, -0.1) is 0 Å². The molecule has 2 aromatic rings. The van der Waals surface area contributed by atoms with Crippen LogP contribution in [-0.2, 0) is 22.5 Å². The number of hydrogen-bond acceptors (Lipinski definition) is 4. The fourth-order valence-corrected chi connectivity index (χ4v) is 4.27. The summed E-state index contributed by atoms with van der Waals surface area (Å²) >= 11 is 0. The fraction of sp³-hybridized carbons (Fsp3) is 0.481. The van der Waals surface area contributed by atoms with E-state index in [1.165, 1.54) is 5.56 Å². The van der Waals surface area contributed by atoms with E-state index >= 15 is 0 Å². The molecule has 178 valence electrons. The highest BCUT2D eigenvalue weighted by atomic mass is 16.6. The Balaban J connectivity index is 1.51. The number of carbonyl (C=O) groups excluding carboxylic acids is 2. The second-order valence-electron chi connectivity index (χ2n) is 9.73. The van der Waals surface area contributed by atoms with Gasteiger partial charge in [0.15, 0.2) is 0 Å². The van der Waals surface area contributed by atoms with E-state index in [-0.39, 0.29) is 11.9 Å². The van der Waals surface area contributed by atoms with Crippen LogP contribution in [0.1, 0.15) is 51.7 Å². The van der Waals surface area contributed by atoms with Crippen LogP contribution in [0.15, 0.2) is 54.6 Å². The monoisotopic (exact) mass is 451 g/mol. The Kier molecular flexibility index (Phi) is 8.50. The highest BCUT2D eigenvalue weighted by Gasteiger charge is 2.27. The van der Waals surface area contributed by atoms with Crippen LogP contribution in [-0.4, -0.2) is 48.2 Å². The molecule has 0 spiro atoms. The van der Waals surface area contributed by atoms with Gasteiger partial charge in [0.2, 0.25) is 5.91 Å². The van der Waals surface area contributed by atoms with E-state index < -0.39 is 11.7 Å². The zero-order valence-corrected chi connectivity index (χ0v) is 20.3. The number of alkyl carbamates (subject to hydrolysis) is 1. The van der Waals surface area contributed by atoms with Crippen molar-refractivity contribution >= 4 is 17.7 Å². The molecule has 1 heterocycles. The average molecular weight is 452 g/mol. The molecule has 0 unspecified atom stereocenters. The molecule has 2 aromatic carbocycles. The number of rotatable bonds is 7. The van der Waals surface area contributed by atoms with E-state index in [9.17, 15) is 9.59 Å². The van der Waals surface area contributed by atoms with Gasteiger partial charge in [-0.25, -0.2) is 4.79 Å². The average Bonchev–Trinajstić information content (AvgIpc) is 2.75. The first-order valence-electron chi connectivity index (χ1n) is 11.8. The lowest BCUT2D eigenvalue weighted by atomic mass is 10.0. The highest BCUT2D eigenvalue weighted by Crippen LogP contribution is 2.25. The van der Waals surface area contributed by atoms with Crippen LogP contribution < -0.4 is 10.2 Å². The van der Waals surface area contributed by atoms with E-state index in [4.69, 9.17) is 4.74 Å². The van der Waals surface area contributed by atoms with E-state index in [2.05, 4.69) is 34.5 Å². The van der Waals surface area contributed by atoms with Crippen molar-refractivity contribution in [2.24, 2.45) is 0 Å². The molecule has 6 heteroatoms. The van der Waals surface area contributed by atoms with E-state index in [0.29, 0.717) is 13.0 Å². The zero-order chi connectivity index (χ0) is 23.8. The SMILES string of the molecule is CC(=O)N(c1ccc(CCNC(=O)OC(C)(C)C)cc1)C1CCN(Cc2ccccc2)CC1. The van der Waals surface area contributed by atoms with Crippen molar-refractivity contribution in [3.05, 3.63) is 65.7 Å². The Morgan fingerprint density at radius 1 is 1.00 bits per heavy atom. The van der Waals surface area contributed by atoms with Gasteiger partial charge in [-0.05, 0) is 63.3 Å². The van der Waals surface area contributed by atoms with Gasteiger partial charge in [0.25, 0.3) is 0 Å². The largest absolute Gasteiger partial charge is 0.444 e. The minimum absolute atomic E-state index is 0.0795. The van der Waals surface area contributed by atoms with Gasteiger partial charge in [0.1, 0.15) is 5.60 Å². The third-order valence-corrected chi connectivity index (χ3v) is 5.81. The summed E-state index contributed by atoms with van der Waals surface area (Å²) in [6.45, 7) is 10.6. The molecule has 1 aliphatic rings. The van der Waals surface area contributed by atoms with Gasteiger partial charge in [-0.1, -0.05) is 42.5 Å². The lowest BCUT2D eigenvalue weighted by molar-refractivity contribution is -0.117. The Labute approximate surface area is 197 Å². The molecule has 1 saturated heterocycles. The molecule has 0 aromatic heterocycles. The predicted octanol–water partition coefficient (Wildman–Crippen LogP) is 4.77. The van der Waals surface area contributed by atoms with Crippen LogP contribution in [0.3, 0.4) is 0 Å². The van der Waals surface area contributed by atoms with Gasteiger partial charge >= 0.3 is 6.09 Å². The summed E-state index contributed by atoms with van der Waals surface area (Å²) < 4.78 is 5.26. The fourth-order valence-electron chi connectivity index (χ4n) is 4.27. The highest BCUT2D eigenvalue weighted by molar-refractivity contribution is 5.92. The van der Waals surface area contributed by atoms with Crippen molar-refractivity contribution in [1.29, 1.82) is 0 Å². The Morgan fingerprint density at radius 2 is 1.64 bits per heavy atom. The first-order valence-corrected chi connectivity index (χ1v) is 11.8. The number of anilines is 1. The van der Waals surface area contributed by atoms with Crippen LogP contribution in [0.5, 0.6) is 0 Å². The number of nitrogens with zero attached hydrogens (tertiary/aromatic N) is 2. The molecule has 1 fully saturated rings. The molecule has 6 nitrogen and oxygen atoms in total. The van der Waals surface area contributed by atoms with Crippen LogP contribution in [0.2, 0.25) is 0 Å². The normalized spacial score (nSPS) is 15.2. The summed E-state index contributed by atoms with van der Waals surface area (Å²) in [5.74, 6) is 0.0795. The summed E-state index contributed by atoms with van der Waals surface area (Å²) in [4.78, 5) is 28.7. The lowest BCUT2D eigenvalue weighted by Crippen LogP contribution is -2.46. The molecule has 33 heavy (non-hydrogen) atoms. The maximum Gasteiger partial charge on any atom is 0.407 e. The maximum absolute atomic E-state index is 12.5. The van der Waals surface area contributed by atoms with Gasteiger partial charge in [0, 0.05) is 44.8 Å². The molecule has 0 radical (unpaired) electrons. The Bertz CT molecular complexity index is 898. The smallest absolute Gasteiger partial charge is 0.407 e. The number of carbonyl (C=O) groups is 2. The Hall–Kier alpha value is -2.86. The molecular formula is C27H37N3O3. The van der Waals surface area contributed by atoms with E-state index in [0.717, 1.165) is 43.7 Å². The van der Waals surface area contributed by atoms with Crippen molar-refractivity contribution in [2.75, 3.05) is 24.5 Å². The Morgan fingerprint density at radius 3 is 2.21 bits per heavy atom. The summed E-state index contributed by atoms with van der Waals surface area (Å²) in [6.07, 6.45) is 2.24.